The van der Waals surface area contributed by atoms with Crippen molar-refractivity contribution in [1.29, 1.82) is 0 Å². The van der Waals surface area contributed by atoms with Crippen molar-refractivity contribution in [1.82, 2.24) is 9.97 Å². The van der Waals surface area contributed by atoms with Gasteiger partial charge in [-0.3, -0.25) is 0 Å². The van der Waals surface area contributed by atoms with Gasteiger partial charge in [0.1, 0.15) is 12.1 Å². The summed E-state index contributed by atoms with van der Waals surface area (Å²) >= 11 is 0. The smallest absolute Gasteiger partial charge is 0.249 e. The molecule has 3 rings (SSSR count). The Bertz CT molecular complexity index is 656. The van der Waals surface area contributed by atoms with Crippen molar-refractivity contribution in [3.63, 3.8) is 0 Å². The van der Waals surface area contributed by atoms with E-state index < -0.39 is 0 Å². The molecule has 5 heteroatoms. The molecule has 1 aliphatic carbocycles. The van der Waals surface area contributed by atoms with E-state index in [4.69, 9.17) is 15.2 Å². The molecule has 1 aromatic heterocycles. The molecule has 5 nitrogen and oxygen atoms in total. The third-order valence-corrected chi connectivity index (χ3v) is 3.44. The number of benzene rings is 1. The minimum absolute atomic E-state index is 0.00459. The van der Waals surface area contributed by atoms with Crippen molar-refractivity contribution in [3.05, 3.63) is 35.7 Å². The topological polar surface area (TPSA) is 70.3 Å². The van der Waals surface area contributed by atoms with E-state index in [1.807, 2.05) is 19.9 Å². The van der Waals surface area contributed by atoms with Gasteiger partial charge in [-0.1, -0.05) is 6.07 Å². The molecule has 2 N–H and O–H groups in total. The number of nitrogens with two attached hydrogens (primary N) is 1. The van der Waals surface area contributed by atoms with Crippen LogP contribution in [0.4, 0.5) is 5.69 Å². The molecule has 0 saturated heterocycles. The third kappa shape index (κ3) is 2.91. The summed E-state index contributed by atoms with van der Waals surface area (Å²) in [6.07, 6.45) is 4.86. The van der Waals surface area contributed by atoms with Crippen LogP contribution in [0, 0.1) is 0 Å². The fraction of sp³-hybridized carbons (Fsp3) is 0.375. The summed E-state index contributed by atoms with van der Waals surface area (Å²) < 4.78 is 11.3. The summed E-state index contributed by atoms with van der Waals surface area (Å²) in [7, 11) is 0. The molecule has 0 unspecified atom stereocenters. The van der Waals surface area contributed by atoms with Crippen LogP contribution in [0.3, 0.4) is 0 Å². The summed E-state index contributed by atoms with van der Waals surface area (Å²) in [5.74, 6) is 1.44. The number of nitrogens with zero attached hydrogens (tertiary/aromatic N) is 2. The first-order valence-corrected chi connectivity index (χ1v) is 7.20. The van der Waals surface area contributed by atoms with Crippen LogP contribution < -0.4 is 15.2 Å². The van der Waals surface area contributed by atoms with Gasteiger partial charge >= 0.3 is 0 Å². The van der Waals surface area contributed by atoms with E-state index in [1.165, 1.54) is 23.9 Å². The highest BCUT2D eigenvalue weighted by Crippen LogP contribution is 2.33. The monoisotopic (exact) mass is 285 g/mol. The molecule has 0 amide bonds. The molecule has 0 spiro atoms. The molecule has 110 valence electrons. The number of aromatic nitrogens is 2. The second-order valence-electron chi connectivity index (χ2n) is 5.45. The van der Waals surface area contributed by atoms with Gasteiger partial charge in [-0.05, 0) is 56.4 Å². The lowest BCUT2D eigenvalue weighted by atomic mass is 10.1. The van der Waals surface area contributed by atoms with Crippen LogP contribution in [0.1, 0.15) is 31.4 Å². The molecule has 0 saturated carbocycles. The number of anilines is 1. The minimum atomic E-state index is -0.00459. The van der Waals surface area contributed by atoms with Gasteiger partial charge in [-0.25, -0.2) is 0 Å². The highest BCUT2D eigenvalue weighted by molar-refractivity contribution is 5.57. The Morgan fingerprint density at radius 3 is 2.67 bits per heavy atom. The Balaban J connectivity index is 1.84. The van der Waals surface area contributed by atoms with Crippen molar-refractivity contribution in [2.24, 2.45) is 0 Å². The maximum atomic E-state index is 6.02. The highest BCUT2D eigenvalue weighted by Gasteiger charge is 2.15. The molecular weight excluding hydrogens is 266 g/mol. The maximum Gasteiger partial charge on any atom is 0.249 e. The van der Waals surface area contributed by atoms with Crippen molar-refractivity contribution in [3.8, 4) is 17.5 Å². The predicted molar refractivity (Wildman–Crippen MR) is 80.7 cm³/mol. The van der Waals surface area contributed by atoms with E-state index in [9.17, 15) is 0 Å². The van der Waals surface area contributed by atoms with Gasteiger partial charge in [-0.15, -0.1) is 0 Å². The molecule has 1 aliphatic rings. The molecule has 1 heterocycles. The second kappa shape index (κ2) is 5.60. The Hall–Kier alpha value is -2.30. The van der Waals surface area contributed by atoms with Gasteiger partial charge in [0.15, 0.2) is 5.69 Å². The number of aryl methyl sites for hydroxylation is 2. The van der Waals surface area contributed by atoms with E-state index in [-0.39, 0.29) is 6.10 Å². The average Bonchev–Trinajstić information content (AvgIpc) is 2.90. The largest absolute Gasteiger partial charge is 0.473 e. The molecule has 0 bridgehead atoms. The summed E-state index contributed by atoms with van der Waals surface area (Å²) in [5.41, 5.74) is 9.09. The zero-order valence-corrected chi connectivity index (χ0v) is 12.3. The van der Waals surface area contributed by atoms with Gasteiger partial charge in [0.25, 0.3) is 0 Å². The van der Waals surface area contributed by atoms with E-state index in [1.54, 1.807) is 0 Å². The predicted octanol–water partition coefficient (Wildman–Crippen LogP) is 3.13. The Morgan fingerprint density at radius 2 is 1.86 bits per heavy atom. The molecule has 0 radical (unpaired) electrons. The lowest BCUT2D eigenvalue weighted by molar-refractivity contribution is 0.233. The van der Waals surface area contributed by atoms with Crippen LogP contribution in [0.2, 0.25) is 0 Å². The zero-order chi connectivity index (χ0) is 14.8. The molecule has 0 atom stereocenters. The SMILES string of the molecule is CC(C)Oc1ncnc(Oc2ccc3c(c2)CCC3)c1N. The van der Waals surface area contributed by atoms with Gasteiger partial charge in [0.2, 0.25) is 11.8 Å². The number of hydrogen-bond acceptors (Lipinski definition) is 5. The van der Waals surface area contributed by atoms with E-state index in [0.717, 1.165) is 18.6 Å². The van der Waals surface area contributed by atoms with Crippen molar-refractivity contribution >= 4 is 5.69 Å². The van der Waals surface area contributed by atoms with Gasteiger partial charge < -0.3 is 15.2 Å². The van der Waals surface area contributed by atoms with Crippen LogP contribution in [0.25, 0.3) is 0 Å². The van der Waals surface area contributed by atoms with Crippen molar-refractivity contribution < 1.29 is 9.47 Å². The van der Waals surface area contributed by atoms with Crippen LogP contribution in [-0.2, 0) is 12.8 Å². The fourth-order valence-corrected chi connectivity index (χ4v) is 2.49. The fourth-order valence-electron chi connectivity index (χ4n) is 2.49. The molecule has 21 heavy (non-hydrogen) atoms. The first-order chi connectivity index (χ1) is 10.1. The number of ether oxygens (including phenoxy) is 2. The lowest BCUT2D eigenvalue weighted by Crippen LogP contribution is -2.10. The Labute approximate surface area is 124 Å². The summed E-state index contributed by atoms with van der Waals surface area (Å²) in [5, 5.41) is 0. The molecular formula is C16H19N3O2. The normalized spacial score (nSPS) is 13.3. The number of hydrogen-bond donors (Lipinski definition) is 1. The Morgan fingerprint density at radius 1 is 1.10 bits per heavy atom. The quantitative estimate of drug-likeness (QED) is 0.934. The summed E-state index contributed by atoms with van der Waals surface area (Å²) in [6.45, 7) is 3.84. The maximum absolute atomic E-state index is 6.02. The number of rotatable bonds is 4. The van der Waals surface area contributed by atoms with Gasteiger partial charge in [0.05, 0.1) is 6.10 Å². The molecule has 0 fully saturated rings. The van der Waals surface area contributed by atoms with Crippen LogP contribution in [0.5, 0.6) is 17.5 Å². The van der Waals surface area contributed by atoms with Crippen LogP contribution in [-0.4, -0.2) is 16.1 Å². The van der Waals surface area contributed by atoms with E-state index in [0.29, 0.717) is 17.4 Å². The van der Waals surface area contributed by atoms with Crippen molar-refractivity contribution in [2.75, 3.05) is 5.73 Å². The summed E-state index contributed by atoms with van der Waals surface area (Å²) in [4.78, 5) is 8.14. The van der Waals surface area contributed by atoms with Crippen LogP contribution >= 0.6 is 0 Å². The molecule has 2 aromatic rings. The molecule has 1 aromatic carbocycles. The second-order valence-corrected chi connectivity index (χ2v) is 5.45. The molecule has 0 aliphatic heterocycles. The number of fused-ring (bicyclic) bond motifs is 1. The standard InChI is InChI=1S/C16H19N3O2/c1-10(2)20-15-14(17)16(19-9-18-15)21-13-7-6-11-4-3-5-12(11)8-13/h6-10H,3-5,17H2,1-2H3. The third-order valence-electron chi connectivity index (χ3n) is 3.44. The van der Waals surface area contributed by atoms with E-state index in [2.05, 4.69) is 22.1 Å². The van der Waals surface area contributed by atoms with Gasteiger partial charge in [0, 0.05) is 0 Å². The lowest BCUT2D eigenvalue weighted by Gasteiger charge is -2.13. The van der Waals surface area contributed by atoms with Crippen LogP contribution in [0.15, 0.2) is 24.5 Å². The first-order valence-electron chi connectivity index (χ1n) is 7.20. The average molecular weight is 285 g/mol. The number of nitrogen functional groups attached to an aromatic ring is 1. The highest BCUT2D eigenvalue weighted by atomic mass is 16.5. The summed E-state index contributed by atoms with van der Waals surface area (Å²) in [6, 6.07) is 6.13. The van der Waals surface area contributed by atoms with Crippen molar-refractivity contribution in [2.45, 2.75) is 39.2 Å². The zero-order valence-electron chi connectivity index (χ0n) is 12.3. The Kier molecular flexibility index (Phi) is 3.64. The minimum Gasteiger partial charge on any atom is -0.473 e. The van der Waals surface area contributed by atoms with Gasteiger partial charge in [-0.2, -0.15) is 9.97 Å². The van der Waals surface area contributed by atoms with E-state index >= 15 is 0 Å². The first kappa shape index (κ1) is 13.7.